The van der Waals surface area contributed by atoms with Crippen molar-refractivity contribution < 1.29 is 26.3 Å². The summed E-state index contributed by atoms with van der Waals surface area (Å²) in [6.07, 6.45) is 1.90. The Morgan fingerprint density at radius 2 is 0.537 bits per heavy atom. The van der Waals surface area contributed by atoms with Crippen molar-refractivity contribution >= 4 is 0 Å². The second-order valence-electron chi connectivity index (χ2n) is 12.2. The molecule has 0 saturated carbocycles. The SMILES string of the molecule is CC.CC.CC.CC.CC.CC.CC.CC.CC(c1ccccc1)(c1ccccc1)C(F)(F)F.CCCC.CCCC.CCCC.CCCC.Cc1ccccc1-c1ccccc1C(F)(F)F. The van der Waals surface area contributed by atoms with Crippen molar-refractivity contribution in [3.8, 4) is 11.1 Å². The number of hydrogen-bond donors (Lipinski definition) is 0. The Bertz CT molecular complexity index is 1300. The van der Waals surface area contributed by atoms with E-state index in [0.29, 0.717) is 5.56 Å². The number of rotatable bonds is 7. The minimum absolute atomic E-state index is 0.234. The maximum atomic E-state index is 13.5. The lowest BCUT2D eigenvalue weighted by atomic mass is 9.75. The van der Waals surface area contributed by atoms with Gasteiger partial charge >= 0.3 is 12.4 Å². The summed E-state index contributed by atoms with van der Waals surface area (Å²) in [5.74, 6) is 0. The van der Waals surface area contributed by atoms with Gasteiger partial charge in [-0.25, -0.2) is 0 Å². The summed E-state index contributed by atoms with van der Waals surface area (Å²) >= 11 is 0. The molecule has 67 heavy (non-hydrogen) atoms. The molecule has 0 aliphatic rings. The monoisotopic (exact) mass is 959 g/mol. The van der Waals surface area contributed by atoms with Gasteiger partial charge in [-0.05, 0) is 47.7 Å². The fourth-order valence-electron chi connectivity index (χ4n) is 3.88. The Hall–Kier alpha value is -3.54. The molecular formula is C61H112F6. The van der Waals surface area contributed by atoms with E-state index < -0.39 is 23.3 Å². The standard InChI is InChI=1S/C15H13F3.C14H11F3.4C4H10.8C2H6/c1-14(15(16,17)18,12-8-4-2-5-9-12)13-10-6-3-7-11-13;1-10-6-2-3-7-11(10)12-8-4-5-9-13(12)14(15,16)17;4*1-3-4-2;8*1-2/h2-11H,1H3;2-9H,1H3;4*3-4H2,1-2H3;8*1-2H3. The van der Waals surface area contributed by atoms with Gasteiger partial charge in [-0.1, -0.05) is 321 Å². The number of aryl methyl sites for hydroxylation is 1. The van der Waals surface area contributed by atoms with E-state index in [1.54, 1.807) is 54.6 Å². The summed E-state index contributed by atoms with van der Waals surface area (Å²) in [6.45, 7) is 52.5. The lowest BCUT2D eigenvalue weighted by Gasteiger charge is -2.33. The Balaban J connectivity index is -0.0000000756. The summed E-state index contributed by atoms with van der Waals surface area (Å²) in [7, 11) is 0. The van der Waals surface area contributed by atoms with Crippen LogP contribution in [0.5, 0.6) is 0 Å². The van der Waals surface area contributed by atoms with Gasteiger partial charge in [0.25, 0.3) is 0 Å². The average molecular weight is 960 g/mol. The van der Waals surface area contributed by atoms with Gasteiger partial charge in [0, 0.05) is 0 Å². The molecule has 4 aromatic rings. The number of halogens is 6. The predicted molar refractivity (Wildman–Crippen MR) is 300 cm³/mol. The second kappa shape index (κ2) is 69.0. The van der Waals surface area contributed by atoms with E-state index in [9.17, 15) is 26.3 Å². The van der Waals surface area contributed by atoms with E-state index in [-0.39, 0.29) is 16.7 Å². The highest BCUT2D eigenvalue weighted by Gasteiger charge is 2.53. The van der Waals surface area contributed by atoms with Crippen LogP contribution in [0.2, 0.25) is 0 Å². The van der Waals surface area contributed by atoms with Crippen molar-refractivity contribution in [1.82, 2.24) is 0 Å². The van der Waals surface area contributed by atoms with E-state index in [4.69, 9.17) is 0 Å². The Morgan fingerprint density at radius 3 is 0.761 bits per heavy atom. The van der Waals surface area contributed by atoms with E-state index >= 15 is 0 Å². The Morgan fingerprint density at radius 1 is 0.313 bits per heavy atom. The lowest BCUT2D eigenvalue weighted by molar-refractivity contribution is -0.173. The van der Waals surface area contributed by atoms with Crippen LogP contribution in [0, 0.1) is 6.92 Å². The Kier molecular flexibility index (Phi) is 89.3. The van der Waals surface area contributed by atoms with Gasteiger partial charge in [0.15, 0.2) is 0 Å². The molecule has 0 unspecified atom stereocenters. The third-order valence-electron chi connectivity index (χ3n) is 7.94. The van der Waals surface area contributed by atoms with E-state index in [1.807, 2.05) is 130 Å². The van der Waals surface area contributed by atoms with Crippen LogP contribution in [-0.2, 0) is 11.6 Å². The molecule has 0 fully saturated rings. The van der Waals surface area contributed by atoms with Gasteiger partial charge in [-0.2, -0.15) is 26.3 Å². The molecule has 0 aliphatic heterocycles. The van der Waals surface area contributed by atoms with Crippen molar-refractivity contribution in [2.24, 2.45) is 0 Å². The van der Waals surface area contributed by atoms with Crippen LogP contribution in [0.3, 0.4) is 0 Å². The number of benzene rings is 4. The first-order valence-corrected chi connectivity index (χ1v) is 26.5. The van der Waals surface area contributed by atoms with Crippen molar-refractivity contribution in [2.45, 2.75) is 249 Å². The summed E-state index contributed by atoms with van der Waals surface area (Å²) in [4.78, 5) is 0. The first-order valence-electron chi connectivity index (χ1n) is 26.5. The molecule has 4 rings (SSSR count). The smallest absolute Gasteiger partial charge is 0.170 e. The first-order chi connectivity index (χ1) is 32.1. The molecule has 0 atom stereocenters. The van der Waals surface area contributed by atoms with Crippen LogP contribution < -0.4 is 0 Å². The number of alkyl halides is 6. The van der Waals surface area contributed by atoms with Crippen LogP contribution in [0.1, 0.15) is 247 Å². The van der Waals surface area contributed by atoms with Crippen molar-refractivity contribution in [3.05, 3.63) is 131 Å². The minimum atomic E-state index is -4.34. The molecule has 0 heterocycles. The van der Waals surface area contributed by atoms with Gasteiger partial charge in [0.2, 0.25) is 0 Å². The molecule has 0 nitrogen and oxygen atoms in total. The summed E-state index contributed by atoms with van der Waals surface area (Å²) in [5.41, 5.74) is -0.361. The maximum absolute atomic E-state index is 13.5. The first kappa shape index (κ1) is 86.6. The molecule has 0 N–H and O–H groups in total. The average Bonchev–Trinajstić information content (AvgIpc) is 3.41. The van der Waals surface area contributed by atoms with Gasteiger partial charge in [-0.15, -0.1) is 0 Å². The van der Waals surface area contributed by atoms with Crippen LogP contribution in [-0.4, -0.2) is 6.18 Å². The van der Waals surface area contributed by atoms with Crippen LogP contribution in [0.25, 0.3) is 11.1 Å². The van der Waals surface area contributed by atoms with Crippen LogP contribution >= 0.6 is 0 Å². The largest absolute Gasteiger partial charge is 0.417 e. The van der Waals surface area contributed by atoms with Crippen LogP contribution in [0.15, 0.2) is 109 Å². The van der Waals surface area contributed by atoms with Gasteiger partial charge < -0.3 is 0 Å². The molecule has 0 aliphatic carbocycles. The van der Waals surface area contributed by atoms with E-state index in [1.165, 1.54) is 94.7 Å². The quantitative estimate of drug-likeness (QED) is 0.162. The molecule has 6 heteroatoms. The highest BCUT2D eigenvalue weighted by Crippen LogP contribution is 2.45. The molecule has 0 saturated heterocycles. The summed E-state index contributed by atoms with van der Waals surface area (Å²) < 4.78 is 79.0. The topological polar surface area (TPSA) is 0 Å². The molecule has 0 aromatic heterocycles. The van der Waals surface area contributed by atoms with Crippen molar-refractivity contribution in [1.29, 1.82) is 0 Å². The van der Waals surface area contributed by atoms with Crippen LogP contribution in [0.4, 0.5) is 26.3 Å². The van der Waals surface area contributed by atoms with Gasteiger partial charge in [-0.3, -0.25) is 0 Å². The number of hydrogen-bond acceptors (Lipinski definition) is 0. The van der Waals surface area contributed by atoms with Crippen molar-refractivity contribution in [2.75, 3.05) is 0 Å². The fourth-order valence-corrected chi connectivity index (χ4v) is 3.88. The lowest BCUT2D eigenvalue weighted by Crippen LogP contribution is -2.40. The normalized spacial score (nSPS) is 8.78. The molecular weight excluding hydrogens is 847 g/mol. The molecule has 4 aromatic carbocycles. The third kappa shape index (κ3) is 47.3. The zero-order valence-corrected chi connectivity index (χ0v) is 48.8. The fraction of sp³-hybridized carbons (Fsp3) is 0.607. The second-order valence-corrected chi connectivity index (χ2v) is 12.2. The predicted octanol–water partition coefficient (Wildman–Crippen LogP) is 24.7. The molecule has 0 radical (unpaired) electrons. The molecule has 0 amide bonds. The third-order valence-corrected chi connectivity index (χ3v) is 7.94. The minimum Gasteiger partial charge on any atom is -0.170 e. The molecule has 398 valence electrons. The summed E-state index contributed by atoms with van der Waals surface area (Å²) in [5, 5.41) is 0. The van der Waals surface area contributed by atoms with Gasteiger partial charge in [0.1, 0.15) is 5.41 Å². The maximum Gasteiger partial charge on any atom is 0.417 e. The number of unbranched alkanes of at least 4 members (excludes halogenated alkanes) is 4. The molecule has 0 spiro atoms. The highest BCUT2D eigenvalue weighted by atomic mass is 19.4. The van der Waals surface area contributed by atoms with E-state index in [2.05, 4.69) is 55.4 Å². The zero-order valence-electron chi connectivity index (χ0n) is 48.8. The molecule has 0 bridgehead atoms. The van der Waals surface area contributed by atoms with Crippen molar-refractivity contribution in [3.63, 3.8) is 0 Å². The summed E-state index contributed by atoms with van der Waals surface area (Å²) in [6, 6.07) is 28.7. The Labute approximate surface area is 416 Å². The highest BCUT2D eigenvalue weighted by molar-refractivity contribution is 5.71. The van der Waals surface area contributed by atoms with E-state index in [0.717, 1.165) is 11.6 Å². The zero-order chi connectivity index (χ0) is 55.3. The van der Waals surface area contributed by atoms with Gasteiger partial charge in [0.05, 0.1) is 5.56 Å².